The maximum atomic E-state index is 14.7. The number of thioether (sulfide) groups is 1. The van der Waals surface area contributed by atoms with Gasteiger partial charge in [-0.25, -0.2) is 19.3 Å². The van der Waals surface area contributed by atoms with Crippen molar-refractivity contribution in [2.45, 2.75) is 5.16 Å². The summed E-state index contributed by atoms with van der Waals surface area (Å²) in [6, 6.07) is 10.2. The summed E-state index contributed by atoms with van der Waals surface area (Å²) >= 11 is 1.33. The first-order valence-electron chi connectivity index (χ1n) is 10.9. The van der Waals surface area contributed by atoms with Gasteiger partial charge < -0.3 is 21.7 Å². The van der Waals surface area contributed by atoms with E-state index in [1.54, 1.807) is 32.4 Å². The molecule has 12 heteroatoms. The number of hydrogen-bond donors (Lipinski definition) is 3. The van der Waals surface area contributed by atoms with E-state index in [1.165, 1.54) is 53.2 Å². The highest BCUT2D eigenvalue weighted by atomic mass is 32.2. The van der Waals surface area contributed by atoms with Gasteiger partial charge in [0, 0.05) is 43.0 Å². The number of halogens is 1. The number of nitrogens with zero attached hydrogens (tertiary/aromatic N) is 5. The van der Waals surface area contributed by atoms with Crippen molar-refractivity contribution in [2.24, 2.45) is 0 Å². The molecule has 5 N–H and O–H groups in total. The van der Waals surface area contributed by atoms with E-state index in [1.807, 2.05) is 6.26 Å². The molecule has 0 unspecified atom stereocenters. The van der Waals surface area contributed by atoms with Gasteiger partial charge in [0.15, 0.2) is 10.9 Å². The smallest absolute Gasteiger partial charge is 0.276 e. The van der Waals surface area contributed by atoms with E-state index in [0.29, 0.717) is 22.1 Å². The zero-order valence-corrected chi connectivity index (χ0v) is 21.0. The Hall–Kier alpha value is -4.58. The van der Waals surface area contributed by atoms with Crippen molar-refractivity contribution in [3.05, 3.63) is 71.9 Å². The number of anilines is 3. The second-order valence-electron chi connectivity index (χ2n) is 8.07. The Kier molecular flexibility index (Phi) is 7.30. The molecule has 0 saturated carbocycles. The zero-order valence-electron chi connectivity index (χ0n) is 20.2. The maximum Gasteiger partial charge on any atom is 0.276 e. The Bertz CT molecular complexity index is 1510. The van der Waals surface area contributed by atoms with E-state index in [-0.39, 0.29) is 39.9 Å². The van der Waals surface area contributed by atoms with Crippen LogP contribution in [0.2, 0.25) is 0 Å². The van der Waals surface area contributed by atoms with Gasteiger partial charge in [-0.1, -0.05) is 11.8 Å². The third kappa shape index (κ3) is 5.48. The molecule has 0 bridgehead atoms. The average molecular weight is 519 g/mol. The van der Waals surface area contributed by atoms with Crippen LogP contribution in [-0.2, 0) is 0 Å². The van der Waals surface area contributed by atoms with Crippen LogP contribution in [0.5, 0.6) is 0 Å². The van der Waals surface area contributed by atoms with Crippen molar-refractivity contribution >= 4 is 40.8 Å². The highest BCUT2D eigenvalue weighted by Gasteiger charge is 2.19. The van der Waals surface area contributed by atoms with Gasteiger partial charge in [-0.2, -0.15) is 0 Å². The normalized spacial score (nSPS) is 10.7. The predicted molar refractivity (Wildman–Crippen MR) is 141 cm³/mol. The number of benzene rings is 1. The molecule has 4 aromatic rings. The van der Waals surface area contributed by atoms with Crippen LogP contribution in [0.4, 0.5) is 21.6 Å². The number of carbonyl (C=O) groups excluding carboxylic acids is 2. The second kappa shape index (κ2) is 10.6. The van der Waals surface area contributed by atoms with E-state index in [9.17, 15) is 14.0 Å². The van der Waals surface area contributed by atoms with Crippen LogP contribution in [0.3, 0.4) is 0 Å². The molecular weight excluding hydrogens is 495 g/mol. The maximum absolute atomic E-state index is 14.7. The number of aromatic nitrogens is 4. The van der Waals surface area contributed by atoms with Crippen LogP contribution >= 0.6 is 11.8 Å². The Morgan fingerprint density at radius 3 is 2.49 bits per heavy atom. The monoisotopic (exact) mass is 518 g/mol. The fourth-order valence-corrected chi connectivity index (χ4v) is 3.87. The third-order valence-corrected chi connectivity index (χ3v) is 5.84. The lowest BCUT2D eigenvalue weighted by atomic mass is 10.0. The molecule has 0 atom stereocenters. The number of nitrogens with two attached hydrogens (primary N) is 2. The Morgan fingerprint density at radius 2 is 1.76 bits per heavy atom. The first-order valence-corrected chi connectivity index (χ1v) is 12.1. The molecule has 0 aliphatic carbocycles. The van der Waals surface area contributed by atoms with Gasteiger partial charge in [0.25, 0.3) is 11.8 Å². The largest absolute Gasteiger partial charge is 0.397 e. The summed E-state index contributed by atoms with van der Waals surface area (Å²) in [6.07, 6.45) is 4.84. The van der Waals surface area contributed by atoms with Crippen molar-refractivity contribution < 1.29 is 14.0 Å². The summed E-state index contributed by atoms with van der Waals surface area (Å²) in [7, 11) is 3.19. The van der Waals surface area contributed by atoms with Gasteiger partial charge >= 0.3 is 0 Å². The van der Waals surface area contributed by atoms with Crippen molar-refractivity contribution in [1.82, 2.24) is 24.8 Å². The molecule has 0 fully saturated rings. The van der Waals surface area contributed by atoms with E-state index in [2.05, 4.69) is 25.3 Å². The Balaban J connectivity index is 1.70. The molecule has 37 heavy (non-hydrogen) atoms. The SMILES string of the molecule is CSc1nc(N)cc(-c2ccncc2NC(=O)c2nc(-c3cc(C(=O)N(C)C)ccc3F)ccc2N)n1. The zero-order chi connectivity index (χ0) is 26.7. The topological polar surface area (TPSA) is 153 Å². The van der Waals surface area contributed by atoms with Crippen LogP contribution in [0.15, 0.2) is 60.0 Å². The second-order valence-corrected chi connectivity index (χ2v) is 8.84. The molecule has 4 rings (SSSR count). The van der Waals surface area contributed by atoms with Gasteiger partial charge in [0.05, 0.1) is 29.0 Å². The minimum absolute atomic E-state index is 0.0601. The van der Waals surface area contributed by atoms with Crippen LogP contribution in [0.25, 0.3) is 22.5 Å². The third-order valence-electron chi connectivity index (χ3n) is 5.29. The Labute approximate surface area is 216 Å². The highest BCUT2D eigenvalue weighted by molar-refractivity contribution is 7.98. The van der Waals surface area contributed by atoms with Gasteiger partial charge in [0.1, 0.15) is 11.6 Å². The summed E-state index contributed by atoms with van der Waals surface area (Å²) in [6.45, 7) is 0. The minimum atomic E-state index is -0.637. The molecule has 1 aromatic carbocycles. The predicted octanol–water partition coefficient (Wildman–Crippen LogP) is 3.58. The number of pyridine rings is 2. The summed E-state index contributed by atoms with van der Waals surface area (Å²) in [5, 5.41) is 3.23. The standard InChI is InChI=1S/C25H23FN8O2S/c1-34(2)24(36)13-4-5-16(26)15(10-13)18-7-6-17(27)22(30-18)23(35)31-20-12-29-9-8-14(20)19-11-21(28)33-25(32-19)37-3/h4-12H,27H2,1-3H3,(H,31,35)(H2,28,32,33). The molecular formula is C25H23FN8O2S. The lowest BCUT2D eigenvalue weighted by molar-refractivity contribution is 0.0827. The quantitative estimate of drug-likeness (QED) is 0.257. The molecule has 0 radical (unpaired) electrons. The summed E-state index contributed by atoms with van der Waals surface area (Å²) in [4.78, 5) is 44.0. The average Bonchev–Trinajstić information content (AvgIpc) is 2.88. The van der Waals surface area contributed by atoms with Gasteiger partial charge in [-0.05, 0) is 42.7 Å². The summed E-state index contributed by atoms with van der Waals surface area (Å²) in [5.41, 5.74) is 13.8. The summed E-state index contributed by atoms with van der Waals surface area (Å²) in [5.74, 6) is -1.26. The van der Waals surface area contributed by atoms with Gasteiger partial charge in [-0.15, -0.1) is 0 Å². The van der Waals surface area contributed by atoms with Gasteiger partial charge in [0.2, 0.25) is 0 Å². The molecule has 10 nitrogen and oxygen atoms in total. The van der Waals surface area contributed by atoms with Crippen molar-refractivity contribution in [1.29, 1.82) is 0 Å². The Morgan fingerprint density at radius 1 is 0.973 bits per heavy atom. The van der Waals surface area contributed by atoms with Crippen LogP contribution in [-0.4, -0.2) is 57.0 Å². The van der Waals surface area contributed by atoms with Crippen LogP contribution in [0, 0.1) is 5.82 Å². The fraction of sp³-hybridized carbons (Fsp3) is 0.120. The van der Waals surface area contributed by atoms with Crippen molar-refractivity contribution in [3.63, 3.8) is 0 Å². The minimum Gasteiger partial charge on any atom is -0.397 e. The molecule has 2 amide bonds. The van der Waals surface area contributed by atoms with E-state index in [4.69, 9.17) is 11.5 Å². The van der Waals surface area contributed by atoms with Crippen LogP contribution in [0.1, 0.15) is 20.8 Å². The van der Waals surface area contributed by atoms with E-state index >= 15 is 0 Å². The number of amides is 2. The first kappa shape index (κ1) is 25.5. The van der Waals surface area contributed by atoms with Gasteiger partial charge in [-0.3, -0.25) is 14.6 Å². The molecule has 3 heterocycles. The lowest BCUT2D eigenvalue weighted by Gasteiger charge is -2.14. The number of nitrogen functional groups attached to an aromatic ring is 2. The number of carbonyl (C=O) groups is 2. The first-order chi connectivity index (χ1) is 17.7. The van der Waals surface area contributed by atoms with Crippen molar-refractivity contribution in [2.75, 3.05) is 37.1 Å². The number of nitrogens with one attached hydrogen (secondary N) is 1. The molecule has 188 valence electrons. The fourth-order valence-electron chi connectivity index (χ4n) is 3.49. The number of hydrogen-bond acceptors (Lipinski definition) is 9. The molecule has 0 aliphatic heterocycles. The molecule has 0 saturated heterocycles. The van der Waals surface area contributed by atoms with Crippen LogP contribution < -0.4 is 16.8 Å². The highest BCUT2D eigenvalue weighted by Crippen LogP contribution is 2.29. The number of rotatable bonds is 6. The van der Waals surface area contributed by atoms with E-state index < -0.39 is 11.7 Å². The molecule has 3 aromatic heterocycles. The molecule has 0 aliphatic rings. The summed E-state index contributed by atoms with van der Waals surface area (Å²) < 4.78 is 14.7. The van der Waals surface area contributed by atoms with Crippen molar-refractivity contribution in [3.8, 4) is 22.5 Å². The lowest BCUT2D eigenvalue weighted by Crippen LogP contribution is -2.21. The van der Waals surface area contributed by atoms with E-state index in [0.717, 1.165) is 0 Å². The molecule has 0 spiro atoms.